The number of amides is 1. The van der Waals surface area contributed by atoms with Gasteiger partial charge in [-0.1, -0.05) is 18.5 Å². The number of carbonyl (C=O) groups is 2. The molecule has 9 nitrogen and oxygen atoms in total. The number of methoxy groups -OCH3 is 1. The SMILES string of the molecule is CCOC(=O)c1cncc(N2CCC(NC(=O)c3nc(Cl)c(CC)[nH]3)C(OC)C2)c1. The zero-order valence-electron chi connectivity index (χ0n) is 17.3. The smallest absolute Gasteiger partial charge is 0.339 e. The van der Waals surface area contributed by atoms with Crippen LogP contribution in [0, 0.1) is 0 Å². The topological polar surface area (TPSA) is 109 Å². The fraction of sp³-hybridized carbons (Fsp3) is 0.500. The number of esters is 1. The molecule has 2 N–H and O–H groups in total. The highest BCUT2D eigenvalue weighted by Gasteiger charge is 2.32. The number of aromatic nitrogens is 3. The van der Waals surface area contributed by atoms with E-state index in [2.05, 4.69) is 25.2 Å². The van der Waals surface area contributed by atoms with Gasteiger partial charge < -0.3 is 24.7 Å². The van der Waals surface area contributed by atoms with E-state index in [9.17, 15) is 9.59 Å². The summed E-state index contributed by atoms with van der Waals surface area (Å²) in [5, 5.41) is 3.30. The lowest BCUT2D eigenvalue weighted by atomic mass is 10.0. The highest BCUT2D eigenvalue weighted by molar-refractivity contribution is 6.30. The van der Waals surface area contributed by atoms with E-state index in [1.807, 2.05) is 6.92 Å². The molecule has 1 amide bonds. The van der Waals surface area contributed by atoms with Gasteiger partial charge in [-0.05, 0) is 25.8 Å². The normalized spacial score (nSPS) is 18.9. The Morgan fingerprint density at radius 3 is 2.83 bits per heavy atom. The van der Waals surface area contributed by atoms with Crippen LogP contribution in [0.15, 0.2) is 18.5 Å². The number of pyridine rings is 1. The molecule has 2 aromatic rings. The highest BCUT2D eigenvalue weighted by atomic mass is 35.5. The first-order chi connectivity index (χ1) is 14.5. The molecule has 1 aliphatic rings. The van der Waals surface area contributed by atoms with Gasteiger partial charge in [0, 0.05) is 26.4 Å². The third-order valence-corrected chi connectivity index (χ3v) is 5.39. The van der Waals surface area contributed by atoms with Gasteiger partial charge >= 0.3 is 5.97 Å². The maximum atomic E-state index is 12.6. The summed E-state index contributed by atoms with van der Waals surface area (Å²) >= 11 is 6.04. The van der Waals surface area contributed by atoms with Crippen molar-refractivity contribution in [2.24, 2.45) is 0 Å². The van der Waals surface area contributed by atoms with Crippen LogP contribution in [0.1, 0.15) is 46.9 Å². The zero-order valence-corrected chi connectivity index (χ0v) is 18.0. The van der Waals surface area contributed by atoms with E-state index in [4.69, 9.17) is 21.1 Å². The van der Waals surface area contributed by atoms with E-state index in [-0.39, 0.29) is 23.9 Å². The maximum absolute atomic E-state index is 12.6. The Labute approximate surface area is 180 Å². The van der Waals surface area contributed by atoms with E-state index in [0.717, 1.165) is 11.4 Å². The van der Waals surface area contributed by atoms with Crippen LogP contribution in [-0.2, 0) is 15.9 Å². The molecule has 30 heavy (non-hydrogen) atoms. The van der Waals surface area contributed by atoms with E-state index in [1.54, 1.807) is 26.3 Å². The number of carbonyl (C=O) groups excluding carboxylic acids is 2. The summed E-state index contributed by atoms with van der Waals surface area (Å²) in [4.78, 5) is 37.9. The molecule has 1 aliphatic heterocycles. The van der Waals surface area contributed by atoms with Crippen molar-refractivity contribution in [2.75, 3.05) is 31.7 Å². The number of piperidine rings is 1. The van der Waals surface area contributed by atoms with Crippen molar-refractivity contribution in [2.45, 2.75) is 38.8 Å². The lowest BCUT2D eigenvalue weighted by molar-refractivity contribution is 0.0522. The molecule has 1 fully saturated rings. The molecule has 3 rings (SSSR count). The molecule has 3 heterocycles. The minimum absolute atomic E-state index is 0.186. The molecular weight excluding hydrogens is 410 g/mol. The summed E-state index contributed by atoms with van der Waals surface area (Å²) in [6.45, 7) is 5.20. The van der Waals surface area contributed by atoms with Crippen LogP contribution in [0.5, 0.6) is 0 Å². The van der Waals surface area contributed by atoms with Crippen molar-refractivity contribution in [1.82, 2.24) is 20.3 Å². The number of aryl methyl sites for hydroxylation is 1. The Balaban J connectivity index is 1.67. The average Bonchev–Trinajstić information content (AvgIpc) is 3.15. The van der Waals surface area contributed by atoms with Gasteiger partial charge in [0.15, 0.2) is 11.0 Å². The molecule has 162 valence electrons. The van der Waals surface area contributed by atoms with Crippen LogP contribution < -0.4 is 10.2 Å². The highest BCUT2D eigenvalue weighted by Crippen LogP contribution is 2.23. The Morgan fingerprint density at radius 2 is 2.17 bits per heavy atom. The van der Waals surface area contributed by atoms with Crippen LogP contribution in [0.25, 0.3) is 0 Å². The Kier molecular flexibility index (Phi) is 7.28. The lowest BCUT2D eigenvalue weighted by Gasteiger charge is -2.39. The molecule has 0 radical (unpaired) electrons. The second kappa shape index (κ2) is 9.90. The minimum Gasteiger partial charge on any atom is -0.462 e. The first kappa shape index (κ1) is 22.0. The van der Waals surface area contributed by atoms with Gasteiger partial charge in [0.2, 0.25) is 0 Å². The number of halogens is 1. The summed E-state index contributed by atoms with van der Waals surface area (Å²) in [6.07, 6.45) is 4.26. The molecule has 0 aromatic carbocycles. The van der Waals surface area contributed by atoms with Crippen molar-refractivity contribution in [1.29, 1.82) is 0 Å². The number of H-pyrrole nitrogens is 1. The van der Waals surface area contributed by atoms with Gasteiger partial charge in [0.25, 0.3) is 5.91 Å². The Bertz CT molecular complexity index is 903. The molecule has 0 spiro atoms. The van der Waals surface area contributed by atoms with E-state index < -0.39 is 5.97 Å². The predicted molar refractivity (Wildman–Crippen MR) is 112 cm³/mol. The van der Waals surface area contributed by atoms with Gasteiger partial charge in [0.05, 0.1) is 41.9 Å². The molecule has 2 aromatic heterocycles. The van der Waals surface area contributed by atoms with Gasteiger partial charge in [-0.15, -0.1) is 0 Å². The van der Waals surface area contributed by atoms with E-state index in [1.165, 1.54) is 6.20 Å². The minimum atomic E-state index is -0.402. The second-order valence-corrected chi connectivity index (χ2v) is 7.31. The monoisotopic (exact) mass is 435 g/mol. The molecule has 0 saturated carbocycles. The summed E-state index contributed by atoms with van der Waals surface area (Å²) < 4.78 is 10.7. The van der Waals surface area contributed by atoms with E-state index in [0.29, 0.717) is 43.3 Å². The summed E-state index contributed by atoms with van der Waals surface area (Å²) in [6, 6.07) is 1.57. The fourth-order valence-corrected chi connectivity index (χ4v) is 3.71. The standard InChI is InChI=1S/C20H26ClN5O4/c1-4-14-17(21)25-18(23-14)19(27)24-15-6-7-26(11-16(15)29-3)13-8-12(9-22-10-13)20(28)30-5-2/h8-10,15-16H,4-7,11H2,1-3H3,(H,23,25)(H,24,27). The largest absolute Gasteiger partial charge is 0.462 e. The molecule has 2 atom stereocenters. The predicted octanol–water partition coefficient (Wildman–Crippen LogP) is 2.22. The van der Waals surface area contributed by atoms with Crippen LogP contribution in [0.4, 0.5) is 5.69 Å². The molecular formula is C20H26ClN5O4. The third-order valence-electron chi connectivity index (χ3n) is 5.08. The van der Waals surface area contributed by atoms with Crippen molar-refractivity contribution in [3.8, 4) is 0 Å². The maximum Gasteiger partial charge on any atom is 0.339 e. The number of aromatic amines is 1. The number of hydrogen-bond acceptors (Lipinski definition) is 7. The number of imidazole rings is 1. The first-order valence-corrected chi connectivity index (χ1v) is 10.3. The zero-order chi connectivity index (χ0) is 21.7. The van der Waals surface area contributed by atoms with Crippen LogP contribution in [-0.4, -0.2) is 65.8 Å². The van der Waals surface area contributed by atoms with Crippen molar-refractivity contribution >= 4 is 29.2 Å². The van der Waals surface area contributed by atoms with Gasteiger partial charge in [0.1, 0.15) is 0 Å². The summed E-state index contributed by atoms with van der Waals surface area (Å²) in [7, 11) is 1.61. The van der Waals surface area contributed by atoms with Crippen molar-refractivity contribution in [3.05, 3.63) is 40.7 Å². The average molecular weight is 436 g/mol. The first-order valence-electron chi connectivity index (χ1n) is 9.91. The van der Waals surface area contributed by atoms with Crippen molar-refractivity contribution in [3.63, 3.8) is 0 Å². The number of ether oxygens (including phenoxy) is 2. The van der Waals surface area contributed by atoms with Crippen LogP contribution in [0.2, 0.25) is 5.15 Å². The van der Waals surface area contributed by atoms with Crippen LogP contribution in [0.3, 0.4) is 0 Å². The molecule has 1 saturated heterocycles. The molecule has 0 bridgehead atoms. The Morgan fingerprint density at radius 1 is 1.37 bits per heavy atom. The number of nitrogens with zero attached hydrogens (tertiary/aromatic N) is 3. The fourth-order valence-electron chi connectivity index (χ4n) is 3.45. The quantitative estimate of drug-likeness (QED) is 0.641. The second-order valence-electron chi connectivity index (χ2n) is 6.95. The van der Waals surface area contributed by atoms with Crippen LogP contribution >= 0.6 is 11.6 Å². The van der Waals surface area contributed by atoms with E-state index >= 15 is 0 Å². The summed E-state index contributed by atoms with van der Waals surface area (Å²) in [5.74, 6) is -0.524. The number of anilines is 1. The summed E-state index contributed by atoms with van der Waals surface area (Å²) in [5.41, 5.74) is 1.94. The molecule has 0 aliphatic carbocycles. The number of nitrogens with one attached hydrogen (secondary N) is 2. The molecule has 2 unspecified atom stereocenters. The Hall–Kier alpha value is -2.65. The third kappa shape index (κ3) is 4.91. The number of hydrogen-bond donors (Lipinski definition) is 2. The van der Waals surface area contributed by atoms with Crippen molar-refractivity contribution < 1.29 is 19.1 Å². The van der Waals surface area contributed by atoms with Gasteiger partial charge in [-0.25, -0.2) is 9.78 Å². The van der Waals surface area contributed by atoms with Gasteiger partial charge in [-0.3, -0.25) is 9.78 Å². The lowest BCUT2D eigenvalue weighted by Crippen LogP contribution is -2.55. The number of rotatable bonds is 7. The molecule has 10 heteroatoms. The van der Waals surface area contributed by atoms with Gasteiger partial charge in [-0.2, -0.15) is 0 Å².